The number of hydrogen-bond acceptors (Lipinski definition) is 5. The van der Waals surface area contributed by atoms with E-state index in [9.17, 15) is 5.11 Å². The Bertz CT molecular complexity index is 744. The number of benzene rings is 2. The van der Waals surface area contributed by atoms with E-state index in [0.717, 1.165) is 42.5 Å². The van der Waals surface area contributed by atoms with Crippen molar-refractivity contribution in [2.45, 2.75) is 32.0 Å². The molecular weight excluding hydrogens is 354 g/mol. The SMILES string of the molecule is O[C@H](COCc1ccc2c(c1)OCO2)CN1CCC(Cc2ccccc2)CC1. The predicted octanol–water partition coefficient (Wildman–Crippen LogP) is 3.25. The van der Waals surface area contributed by atoms with Gasteiger partial charge in [0.15, 0.2) is 11.5 Å². The fourth-order valence-electron chi connectivity index (χ4n) is 4.01. The summed E-state index contributed by atoms with van der Waals surface area (Å²) in [4.78, 5) is 2.36. The Labute approximate surface area is 166 Å². The average Bonchev–Trinajstić information content (AvgIpc) is 3.18. The standard InChI is InChI=1S/C23H29NO4/c25-21(16-26-15-20-6-7-22-23(13-20)28-17-27-22)14-24-10-8-19(9-11-24)12-18-4-2-1-3-5-18/h1-7,13,19,21,25H,8-12,14-17H2/t21-/m0/s1. The first-order chi connectivity index (χ1) is 13.8. The summed E-state index contributed by atoms with van der Waals surface area (Å²) in [6.07, 6.45) is 3.09. The molecule has 2 aliphatic heterocycles. The number of aliphatic hydroxyl groups excluding tert-OH is 1. The number of nitrogens with zero attached hydrogens (tertiary/aromatic N) is 1. The van der Waals surface area contributed by atoms with Crippen molar-refractivity contribution in [3.05, 3.63) is 59.7 Å². The van der Waals surface area contributed by atoms with Crippen LogP contribution in [0.2, 0.25) is 0 Å². The monoisotopic (exact) mass is 383 g/mol. The fourth-order valence-corrected chi connectivity index (χ4v) is 4.01. The smallest absolute Gasteiger partial charge is 0.231 e. The lowest BCUT2D eigenvalue weighted by Crippen LogP contribution is -2.40. The highest BCUT2D eigenvalue weighted by Crippen LogP contribution is 2.32. The van der Waals surface area contributed by atoms with Crippen molar-refractivity contribution in [3.63, 3.8) is 0 Å². The summed E-state index contributed by atoms with van der Waals surface area (Å²) in [6, 6.07) is 16.5. The molecule has 0 amide bonds. The molecule has 0 saturated carbocycles. The van der Waals surface area contributed by atoms with E-state index < -0.39 is 6.10 Å². The van der Waals surface area contributed by atoms with Crippen molar-refractivity contribution < 1.29 is 19.3 Å². The third kappa shape index (κ3) is 5.25. The number of fused-ring (bicyclic) bond motifs is 1. The third-order valence-electron chi connectivity index (χ3n) is 5.56. The number of aliphatic hydroxyl groups is 1. The lowest BCUT2D eigenvalue weighted by atomic mass is 9.90. The minimum Gasteiger partial charge on any atom is -0.454 e. The summed E-state index contributed by atoms with van der Waals surface area (Å²) >= 11 is 0. The van der Waals surface area contributed by atoms with E-state index in [1.54, 1.807) is 0 Å². The van der Waals surface area contributed by atoms with E-state index in [-0.39, 0.29) is 6.79 Å². The molecule has 5 heteroatoms. The fraction of sp³-hybridized carbons (Fsp3) is 0.478. The van der Waals surface area contributed by atoms with E-state index in [0.29, 0.717) is 19.8 Å². The largest absolute Gasteiger partial charge is 0.454 e. The van der Waals surface area contributed by atoms with Gasteiger partial charge in [-0.05, 0) is 61.5 Å². The lowest BCUT2D eigenvalue weighted by molar-refractivity contribution is 0.00448. The van der Waals surface area contributed by atoms with Crippen LogP contribution in [0.25, 0.3) is 0 Å². The number of piperidine rings is 1. The van der Waals surface area contributed by atoms with E-state index in [1.807, 2.05) is 18.2 Å². The average molecular weight is 383 g/mol. The normalized spacial score (nSPS) is 18.3. The molecule has 150 valence electrons. The van der Waals surface area contributed by atoms with Gasteiger partial charge in [-0.1, -0.05) is 36.4 Å². The second-order valence-electron chi connectivity index (χ2n) is 7.79. The second kappa shape index (κ2) is 9.41. The quantitative estimate of drug-likeness (QED) is 0.758. The zero-order valence-electron chi connectivity index (χ0n) is 16.3. The van der Waals surface area contributed by atoms with Gasteiger partial charge in [-0.2, -0.15) is 0 Å². The third-order valence-corrected chi connectivity index (χ3v) is 5.56. The summed E-state index contributed by atoms with van der Waals surface area (Å²) in [5.74, 6) is 2.29. The van der Waals surface area contributed by atoms with Crippen LogP contribution in [0.4, 0.5) is 0 Å². The molecule has 1 N–H and O–H groups in total. The molecule has 0 bridgehead atoms. The highest BCUT2D eigenvalue weighted by molar-refractivity contribution is 5.44. The van der Waals surface area contributed by atoms with Crippen LogP contribution in [-0.4, -0.2) is 49.1 Å². The summed E-state index contributed by atoms with van der Waals surface area (Å²) in [7, 11) is 0. The van der Waals surface area contributed by atoms with Gasteiger partial charge >= 0.3 is 0 Å². The van der Waals surface area contributed by atoms with Gasteiger partial charge in [-0.25, -0.2) is 0 Å². The first kappa shape index (κ1) is 19.2. The van der Waals surface area contributed by atoms with Crippen LogP contribution >= 0.6 is 0 Å². The summed E-state index contributed by atoms with van der Waals surface area (Å²) in [6.45, 7) is 3.87. The molecule has 2 aromatic rings. The van der Waals surface area contributed by atoms with E-state index in [4.69, 9.17) is 14.2 Å². The highest BCUT2D eigenvalue weighted by Gasteiger charge is 2.21. The minimum atomic E-state index is -0.459. The van der Waals surface area contributed by atoms with Gasteiger partial charge in [0.25, 0.3) is 0 Å². The van der Waals surface area contributed by atoms with E-state index in [2.05, 4.69) is 35.2 Å². The minimum absolute atomic E-state index is 0.278. The van der Waals surface area contributed by atoms with Gasteiger partial charge in [-0.3, -0.25) is 0 Å². The molecule has 0 aromatic heterocycles. The lowest BCUT2D eigenvalue weighted by Gasteiger charge is -2.33. The van der Waals surface area contributed by atoms with Crippen molar-refractivity contribution in [2.24, 2.45) is 5.92 Å². The van der Waals surface area contributed by atoms with Crippen LogP contribution in [0.15, 0.2) is 48.5 Å². The van der Waals surface area contributed by atoms with Gasteiger partial charge in [0.05, 0.1) is 19.3 Å². The second-order valence-corrected chi connectivity index (χ2v) is 7.79. The molecule has 0 unspecified atom stereocenters. The number of rotatable bonds is 8. The molecular formula is C23H29NO4. The highest BCUT2D eigenvalue weighted by atomic mass is 16.7. The van der Waals surface area contributed by atoms with Gasteiger partial charge < -0.3 is 24.2 Å². The molecule has 0 radical (unpaired) electrons. The summed E-state index contributed by atoms with van der Waals surface area (Å²) in [5.41, 5.74) is 2.45. The number of hydrogen-bond donors (Lipinski definition) is 1. The number of β-amino-alcohol motifs (C(OH)–C–C–N with tert-alkyl or cyclic N) is 1. The number of likely N-dealkylation sites (tertiary alicyclic amines) is 1. The molecule has 1 fully saturated rings. The first-order valence-electron chi connectivity index (χ1n) is 10.2. The van der Waals surface area contributed by atoms with Gasteiger partial charge in [-0.15, -0.1) is 0 Å². The summed E-state index contributed by atoms with van der Waals surface area (Å²) < 4.78 is 16.4. The van der Waals surface area contributed by atoms with Gasteiger partial charge in [0.2, 0.25) is 6.79 Å². The van der Waals surface area contributed by atoms with Crippen molar-refractivity contribution in [3.8, 4) is 11.5 Å². The molecule has 28 heavy (non-hydrogen) atoms. The Morgan fingerprint density at radius 2 is 1.79 bits per heavy atom. The zero-order valence-corrected chi connectivity index (χ0v) is 16.3. The maximum Gasteiger partial charge on any atom is 0.231 e. The van der Waals surface area contributed by atoms with Gasteiger partial charge in [0, 0.05) is 6.54 Å². The Hall–Kier alpha value is -2.08. The van der Waals surface area contributed by atoms with Crippen molar-refractivity contribution >= 4 is 0 Å². The van der Waals surface area contributed by atoms with Crippen molar-refractivity contribution in [2.75, 3.05) is 33.0 Å². The molecule has 2 heterocycles. The Morgan fingerprint density at radius 1 is 1.00 bits per heavy atom. The molecule has 0 spiro atoms. The molecule has 5 nitrogen and oxygen atoms in total. The molecule has 2 aliphatic rings. The van der Waals surface area contributed by atoms with Crippen LogP contribution in [0, 0.1) is 5.92 Å². The number of ether oxygens (including phenoxy) is 3. The van der Waals surface area contributed by atoms with Crippen LogP contribution in [0.5, 0.6) is 11.5 Å². The molecule has 1 saturated heterocycles. The van der Waals surface area contributed by atoms with Crippen LogP contribution in [0.1, 0.15) is 24.0 Å². The molecule has 2 aromatic carbocycles. The summed E-state index contributed by atoms with van der Waals surface area (Å²) in [5, 5.41) is 10.3. The van der Waals surface area contributed by atoms with Crippen molar-refractivity contribution in [1.82, 2.24) is 4.90 Å². The predicted molar refractivity (Wildman–Crippen MR) is 108 cm³/mol. The van der Waals surface area contributed by atoms with Crippen LogP contribution in [-0.2, 0) is 17.8 Å². The Morgan fingerprint density at radius 3 is 2.61 bits per heavy atom. The Kier molecular flexibility index (Phi) is 6.47. The van der Waals surface area contributed by atoms with E-state index >= 15 is 0 Å². The molecule has 0 aliphatic carbocycles. The van der Waals surface area contributed by atoms with E-state index in [1.165, 1.54) is 18.4 Å². The maximum atomic E-state index is 10.3. The van der Waals surface area contributed by atoms with Gasteiger partial charge in [0.1, 0.15) is 0 Å². The van der Waals surface area contributed by atoms with Crippen molar-refractivity contribution in [1.29, 1.82) is 0 Å². The first-order valence-corrected chi connectivity index (χ1v) is 10.2. The molecule has 1 atom stereocenters. The zero-order chi connectivity index (χ0) is 19.2. The van der Waals surface area contributed by atoms with Crippen LogP contribution < -0.4 is 9.47 Å². The topological polar surface area (TPSA) is 51.2 Å². The van der Waals surface area contributed by atoms with Crippen LogP contribution in [0.3, 0.4) is 0 Å². The maximum absolute atomic E-state index is 10.3. The Balaban J connectivity index is 1.13. The molecule has 4 rings (SSSR count).